The van der Waals surface area contributed by atoms with E-state index in [0.29, 0.717) is 30.2 Å². The Bertz CT molecular complexity index is 798. The number of hydrogen-bond donors (Lipinski definition) is 2. The summed E-state index contributed by atoms with van der Waals surface area (Å²) in [5.74, 6) is 0.391. The van der Waals surface area contributed by atoms with Gasteiger partial charge < -0.3 is 14.4 Å². The van der Waals surface area contributed by atoms with E-state index in [9.17, 15) is 9.59 Å². The second kappa shape index (κ2) is 5.22. The highest BCUT2D eigenvalue weighted by Gasteiger charge is 2.59. The molecule has 2 aromatic heterocycles. The van der Waals surface area contributed by atoms with E-state index in [4.69, 9.17) is 9.52 Å². The Morgan fingerprint density at radius 1 is 1.38 bits per heavy atom. The summed E-state index contributed by atoms with van der Waals surface area (Å²) in [4.78, 5) is 25.5. The number of H-pyrrole nitrogens is 1. The van der Waals surface area contributed by atoms with E-state index in [2.05, 4.69) is 10.2 Å². The lowest BCUT2D eigenvalue weighted by molar-refractivity contribution is -0.139. The number of rotatable bonds is 3. The summed E-state index contributed by atoms with van der Waals surface area (Å²) in [6, 6.07) is 5.39. The second-order valence-electron chi connectivity index (χ2n) is 6.83. The first kappa shape index (κ1) is 15.0. The fourth-order valence-electron chi connectivity index (χ4n) is 3.70. The summed E-state index contributed by atoms with van der Waals surface area (Å²) in [6.45, 7) is 3.03. The lowest BCUT2D eigenvalue weighted by Crippen LogP contribution is -2.40. The molecule has 24 heavy (non-hydrogen) atoms. The average molecular weight is 329 g/mol. The molecule has 126 valence electrons. The quantitative estimate of drug-likeness (QED) is 0.900. The van der Waals surface area contributed by atoms with E-state index in [1.54, 1.807) is 11.0 Å². The summed E-state index contributed by atoms with van der Waals surface area (Å²) in [7, 11) is 0. The third-order valence-electron chi connectivity index (χ3n) is 5.34. The Morgan fingerprint density at radius 2 is 2.12 bits per heavy atom. The van der Waals surface area contributed by atoms with Crippen LogP contribution in [0.15, 0.2) is 22.6 Å². The Labute approximate surface area is 138 Å². The highest BCUT2D eigenvalue weighted by Crippen LogP contribution is 2.59. The van der Waals surface area contributed by atoms with E-state index in [1.807, 2.05) is 19.1 Å². The van der Waals surface area contributed by atoms with Gasteiger partial charge in [0.2, 0.25) is 0 Å². The van der Waals surface area contributed by atoms with Crippen molar-refractivity contribution in [1.82, 2.24) is 15.1 Å². The maximum absolute atomic E-state index is 12.6. The van der Waals surface area contributed by atoms with Crippen molar-refractivity contribution in [1.29, 1.82) is 0 Å². The number of carboxylic acids is 1. The van der Waals surface area contributed by atoms with Gasteiger partial charge in [-0.1, -0.05) is 0 Å². The number of nitrogens with zero attached hydrogens (tertiary/aromatic N) is 2. The summed E-state index contributed by atoms with van der Waals surface area (Å²) < 4.78 is 5.53. The van der Waals surface area contributed by atoms with Gasteiger partial charge in [-0.05, 0) is 43.7 Å². The molecule has 1 atom stereocenters. The van der Waals surface area contributed by atoms with Crippen LogP contribution in [0.1, 0.15) is 35.5 Å². The van der Waals surface area contributed by atoms with Crippen molar-refractivity contribution in [2.24, 2.45) is 11.3 Å². The van der Waals surface area contributed by atoms with E-state index >= 15 is 0 Å². The molecule has 4 rings (SSSR count). The molecule has 1 aliphatic heterocycles. The standard InChI is InChI=1S/C17H19N3O4/c1-10-2-3-14(24-10)12-8-13(19-18-12)15(21)20-6-4-17(5-7-20)9-11(17)16(22)23/h2-3,8,11H,4-7,9H2,1H3,(H,18,19)(H,22,23). The van der Waals surface area contributed by atoms with E-state index in [-0.39, 0.29) is 17.2 Å². The van der Waals surface area contributed by atoms with Crippen molar-refractivity contribution in [3.05, 3.63) is 29.7 Å². The molecule has 1 saturated carbocycles. The molecule has 2 aliphatic rings. The second-order valence-corrected chi connectivity index (χ2v) is 6.83. The molecule has 2 fully saturated rings. The van der Waals surface area contributed by atoms with Gasteiger partial charge in [0.1, 0.15) is 11.5 Å². The van der Waals surface area contributed by atoms with E-state index in [1.165, 1.54) is 0 Å². The van der Waals surface area contributed by atoms with Crippen LogP contribution in [-0.4, -0.2) is 45.2 Å². The molecular formula is C17H19N3O4. The average Bonchev–Trinajstić information content (AvgIpc) is 2.92. The number of aromatic nitrogens is 2. The van der Waals surface area contributed by atoms with Gasteiger partial charge in [0.25, 0.3) is 5.91 Å². The maximum atomic E-state index is 12.6. The van der Waals surface area contributed by atoms with Gasteiger partial charge in [0.15, 0.2) is 11.5 Å². The number of carbonyl (C=O) groups excluding carboxylic acids is 1. The van der Waals surface area contributed by atoms with Crippen LogP contribution < -0.4 is 0 Å². The summed E-state index contributed by atoms with van der Waals surface area (Å²) in [5.41, 5.74) is 0.957. The SMILES string of the molecule is Cc1ccc(-c2cc(C(=O)N3CCC4(CC3)CC4C(=O)O)n[nH]2)o1. The Morgan fingerprint density at radius 3 is 2.71 bits per heavy atom. The number of nitrogens with one attached hydrogen (secondary N) is 1. The van der Waals surface area contributed by atoms with Crippen molar-refractivity contribution in [2.45, 2.75) is 26.2 Å². The molecule has 3 heterocycles. The molecule has 1 aliphatic carbocycles. The number of aliphatic carboxylic acids is 1. The van der Waals surface area contributed by atoms with Crippen LogP contribution in [-0.2, 0) is 4.79 Å². The van der Waals surface area contributed by atoms with Crippen molar-refractivity contribution in [3.63, 3.8) is 0 Å². The van der Waals surface area contributed by atoms with Crippen LogP contribution in [0.4, 0.5) is 0 Å². The highest BCUT2D eigenvalue weighted by molar-refractivity contribution is 5.93. The van der Waals surface area contributed by atoms with Crippen LogP contribution in [0, 0.1) is 18.3 Å². The first-order valence-corrected chi connectivity index (χ1v) is 8.13. The predicted molar refractivity (Wildman–Crippen MR) is 84.3 cm³/mol. The fraction of sp³-hybridized carbons (Fsp3) is 0.471. The molecule has 2 aromatic rings. The van der Waals surface area contributed by atoms with Crippen molar-refractivity contribution >= 4 is 11.9 Å². The Balaban J connectivity index is 1.42. The minimum Gasteiger partial charge on any atom is -0.481 e. The zero-order valence-electron chi connectivity index (χ0n) is 13.4. The number of amides is 1. The van der Waals surface area contributed by atoms with Crippen molar-refractivity contribution in [3.8, 4) is 11.5 Å². The number of carboxylic acid groups (broad SMARTS) is 1. The van der Waals surface area contributed by atoms with Crippen molar-refractivity contribution < 1.29 is 19.1 Å². The number of hydrogen-bond acceptors (Lipinski definition) is 4. The third-order valence-corrected chi connectivity index (χ3v) is 5.34. The third kappa shape index (κ3) is 2.40. The van der Waals surface area contributed by atoms with Crippen LogP contribution in [0.5, 0.6) is 0 Å². The number of furan rings is 1. The van der Waals surface area contributed by atoms with Crippen molar-refractivity contribution in [2.75, 3.05) is 13.1 Å². The molecule has 2 N–H and O–H groups in total. The van der Waals surface area contributed by atoms with Gasteiger partial charge in [-0.3, -0.25) is 14.7 Å². The van der Waals surface area contributed by atoms with Gasteiger partial charge in [-0.25, -0.2) is 0 Å². The lowest BCUT2D eigenvalue weighted by Gasteiger charge is -2.32. The van der Waals surface area contributed by atoms with E-state index in [0.717, 1.165) is 25.0 Å². The minimum absolute atomic E-state index is 0.0783. The largest absolute Gasteiger partial charge is 0.481 e. The van der Waals surface area contributed by atoms with Gasteiger partial charge in [0.05, 0.1) is 5.92 Å². The van der Waals surface area contributed by atoms with Crippen LogP contribution >= 0.6 is 0 Å². The molecule has 1 amide bonds. The van der Waals surface area contributed by atoms with Gasteiger partial charge in [0, 0.05) is 19.2 Å². The van der Waals surface area contributed by atoms with Gasteiger partial charge in [-0.2, -0.15) is 5.10 Å². The first-order chi connectivity index (χ1) is 11.5. The Kier molecular flexibility index (Phi) is 3.26. The summed E-state index contributed by atoms with van der Waals surface area (Å²) >= 11 is 0. The fourth-order valence-corrected chi connectivity index (χ4v) is 3.70. The molecule has 0 aromatic carbocycles. The normalized spacial score (nSPS) is 21.9. The van der Waals surface area contributed by atoms with E-state index < -0.39 is 5.97 Å². The van der Waals surface area contributed by atoms with Gasteiger partial charge in [-0.15, -0.1) is 0 Å². The zero-order chi connectivity index (χ0) is 16.9. The lowest BCUT2D eigenvalue weighted by atomic mass is 9.90. The molecule has 0 radical (unpaired) electrons. The zero-order valence-corrected chi connectivity index (χ0v) is 13.4. The number of carbonyl (C=O) groups is 2. The molecule has 0 bridgehead atoms. The Hall–Kier alpha value is -2.57. The monoisotopic (exact) mass is 329 g/mol. The molecule has 1 saturated heterocycles. The predicted octanol–water partition coefficient (Wildman–Crippen LogP) is 2.31. The highest BCUT2D eigenvalue weighted by atomic mass is 16.4. The van der Waals surface area contributed by atoms with Crippen LogP contribution in [0.3, 0.4) is 0 Å². The number of aryl methyl sites for hydroxylation is 1. The number of aromatic amines is 1. The van der Waals surface area contributed by atoms with Crippen LogP contribution in [0.2, 0.25) is 0 Å². The number of piperidine rings is 1. The smallest absolute Gasteiger partial charge is 0.307 e. The van der Waals surface area contributed by atoms with Crippen LogP contribution in [0.25, 0.3) is 11.5 Å². The molecule has 1 unspecified atom stereocenters. The molecule has 7 nitrogen and oxygen atoms in total. The number of likely N-dealkylation sites (tertiary alicyclic amines) is 1. The topological polar surface area (TPSA) is 99.4 Å². The molecule has 7 heteroatoms. The van der Waals surface area contributed by atoms with Gasteiger partial charge >= 0.3 is 5.97 Å². The minimum atomic E-state index is -0.708. The first-order valence-electron chi connectivity index (χ1n) is 8.13. The maximum Gasteiger partial charge on any atom is 0.307 e. The molecular weight excluding hydrogens is 310 g/mol. The molecule has 1 spiro atoms. The summed E-state index contributed by atoms with van der Waals surface area (Å²) in [6.07, 6.45) is 2.25. The summed E-state index contributed by atoms with van der Waals surface area (Å²) in [5, 5.41) is 16.1.